The summed E-state index contributed by atoms with van der Waals surface area (Å²) in [5.41, 5.74) is 6.87. The smallest absolute Gasteiger partial charge is 0.226 e. The normalized spacial score (nSPS) is 17.6. The minimum atomic E-state index is -0.195. The fourth-order valence-corrected chi connectivity index (χ4v) is 5.63. The van der Waals surface area contributed by atoms with Crippen LogP contribution in [0.2, 0.25) is 0 Å². The third-order valence-corrected chi connectivity index (χ3v) is 7.65. The molecule has 1 amide bonds. The van der Waals surface area contributed by atoms with Gasteiger partial charge in [0.25, 0.3) is 0 Å². The summed E-state index contributed by atoms with van der Waals surface area (Å²) in [6.07, 6.45) is 4.46. The van der Waals surface area contributed by atoms with Crippen LogP contribution >= 0.6 is 0 Å². The van der Waals surface area contributed by atoms with Gasteiger partial charge in [0.1, 0.15) is 5.78 Å². The van der Waals surface area contributed by atoms with Crippen LogP contribution in [0.4, 0.5) is 11.4 Å². The number of pyridine rings is 2. The van der Waals surface area contributed by atoms with Crippen molar-refractivity contribution in [2.24, 2.45) is 11.3 Å². The number of Topliss-reactive ketones (excluding diaryl/α,β-unsaturated/α-hetero) is 1. The number of anilines is 2. The average molecular weight is 501 g/mol. The fraction of sp³-hybridized carbons (Fsp3) is 0.484. The molecule has 0 spiro atoms. The molecule has 0 saturated heterocycles. The summed E-state index contributed by atoms with van der Waals surface area (Å²) in [7, 11) is 1.88. The lowest BCUT2D eigenvalue weighted by atomic mass is 9.81. The summed E-state index contributed by atoms with van der Waals surface area (Å²) in [4.78, 5) is 36.4. The lowest BCUT2D eigenvalue weighted by molar-refractivity contribution is -0.139. The van der Waals surface area contributed by atoms with E-state index in [0.29, 0.717) is 25.2 Å². The first-order valence-electron chi connectivity index (χ1n) is 13.4. The predicted molar refractivity (Wildman–Crippen MR) is 150 cm³/mol. The highest BCUT2D eigenvalue weighted by Crippen LogP contribution is 2.40. The summed E-state index contributed by atoms with van der Waals surface area (Å²) in [5, 5.41) is 3.59. The van der Waals surface area contributed by atoms with Crippen LogP contribution in [0.5, 0.6) is 0 Å². The van der Waals surface area contributed by atoms with Crippen molar-refractivity contribution in [2.75, 3.05) is 12.4 Å². The van der Waals surface area contributed by atoms with Gasteiger partial charge in [-0.3, -0.25) is 19.6 Å². The molecule has 0 radical (unpaired) electrons. The molecule has 6 heteroatoms. The highest BCUT2D eigenvalue weighted by Gasteiger charge is 2.37. The molecule has 1 saturated carbocycles. The molecular formula is C31H40N4O2. The number of aromatic nitrogens is 2. The van der Waals surface area contributed by atoms with Crippen LogP contribution in [0.25, 0.3) is 11.0 Å². The van der Waals surface area contributed by atoms with E-state index in [1.165, 1.54) is 5.56 Å². The van der Waals surface area contributed by atoms with Gasteiger partial charge in [-0.05, 0) is 60.9 Å². The molecule has 1 N–H and O–H groups in total. The molecule has 4 rings (SSSR count). The maximum Gasteiger partial charge on any atom is 0.226 e. The van der Waals surface area contributed by atoms with Crippen molar-refractivity contribution in [3.05, 3.63) is 59.4 Å². The van der Waals surface area contributed by atoms with Crippen LogP contribution in [-0.4, -0.2) is 33.6 Å². The van der Waals surface area contributed by atoms with Gasteiger partial charge in [-0.15, -0.1) is 0 Å². The third-order valence-electron chi connectivity index (χ3n) is 7.65. The summed E-state index contributed by atoms with van der Waals surface area (Å²) in [6, 6.07) is 12.3. The van der Waals surface area contributed by atoms with E-state index in [-0.39, 0.29) is 29.1 Å². The average Bonchev–Trinajstić information content (AvgIpc) is 3.29. The maximum absolute atomic E-state index is 13.3. The van der Waals surface area contributed by atoms with E-state index in [0.717, 1.165) is 40.1 Å². The van der Waals surface area contributed by atoms with E-state index in [1.807, 2.05) is 37.2 Å². The minimum Gasteiger partial charge on any atom is -0.354 e. The Bertz CT molecular complexity index is 1290. The standard InChI is InChI=1S/C31H40N4O2/c1-8-19(2)27-26(18-32-25-16-9-20(3)33-28(25)27)34-23-13-10-21(11-14-23)29(31(4,5)6)35(7)30(37)22-12-15-24(36)17-22/h9-11,13-14,16,18-19,22,29,34H,8,12,15,17H2,1-7H3/t19-,22+,29+/m1/s1. The SMILES string of the molecule is CC[C@@H](C)c1c(Nc2ccc([C@H](N(C)C(=O)[C@H]3CCC(=O)C3)C(C)(C)C)cc2)cnc2ccc(C)nc12. The Kier molecular flexibility index (Phi) is 7.67. The second kappa shape index (κ2) is 10.6. The molecule has 1 fully saturated rings. The number of amides is 1. The van der Waals surface area contributed by atoms with Gasteiger partial charge < -0.3 is 10.2 Å². The number of carbonyl (C=O) groups is 2. The molecular weight excluding hydrogens is 460 g/mol. The van der Waals surface area contributed by atoms with Gasteiger partial charge in [-0.25, -0.2) is 0 Å². The Hall–Kier alpha value is -3.28. The van der Waals surface area contributed by atoms with E-state index in [1.54, 1.807) is 0 Å². The van der Waals surface area contributed by atoms with Crippen molar-refractivity contribution in [3.8, 4) is 0 Å². The van der Waals surface area contributed by atoms with Gasteiger partial charge in [0.2, 0.25) is 5.91 Å². The molecule has 2 heterocycles. The molecule has 3 atom stereocenters. The Morgan fingerprint density at radius 1 is 1.16 bits per heavy atom. The third kappa shape index (κ3) is 5.68. The summed E-state index contributed by atoms with van der Waals surface area (Å²) >= 11 is 0. The largest absolute Gasteiger partial charge is 0.354 e. The van der Waals surface area contributed by atoms with E-state index in [9.17, 15) is 9.59 Å². The first-order valence-corrected chi connectivity index (χ1v) is 13.4. The van der Waals surface area contributed by atoms with Crippen LogP contribution in [0, 0.1) is 18.3 Å². The number of nitrogens with one attached hydrogen (secondary N) is 1. The summed E-state index contributed by atoms with van der Waals surface area (Å²) in [5.74, 6) is 0.393. The second-order valence-electron chi connectivity index (χ2n) is 11.7. The Morgan fingerprint density at radius 3 is 2.46 bits per heavy atom. The molecule has 3 aromatic rings. The summed E-state index contributed by atoms with van der Waals surface area (Å²) in [6.45, 7) is 12.9. The van der Waals surface area contributed by atoms with Gasteiger partial charge >= 0.3 is 0 Å². The van der Waals surface area contributed by atoms with Crippen LogP contribution in [0.1, 0.15) is 89.1 Å². The van der Waals surface area contributed by atoms with Crippen LogP contribution < -0.4 is 5.32 Å². The minimum absolute atomic E-state index is 0.0659. The van der Waals surface area contributed by atoms with Crippen molar-refractivity contribution in [1.82, 2.24) is 14.9 Å². The van der Waals surface area contributed by atoms with Crippen LogP contribution in [0.15, 0.2) is 42.6 Å². The summed E-state index contributed by atoms with van der Waals surface area (Å²) < 4.78 is 0. The van der Waals surface area contributed by atoms with Gasteiger partial charge in [0, 0.05) is 42.8 Å². The molecule has 0 unspecified atom stereocenters. The number of aryl methyl sites for hydroxylation is 1. The number of ketones is 1. The molecule has 2 aromatic heterocycles. The Morgan fingerprint density at radius 2 is 1.86 bits per heavy atom. The van der Waals surface area contributed by atoms with Crippen molar-refractivity contribution in [2.45, 2.75) is 79.2 Å². The molecule has 1 aliphatic carbocycles. The van der Waals surface area contributed by atoms with E-state index in [4.69, 9.17) is 4.98 Å². The highest BCUT2D eigenvalue weighted by molar-refractivity contribution is 5.90. The second-order valence-corrected chi connectivity index (χ2v) is 11.7. The van der Waals surface area contributed by atoms with Crippen LogP contribution in [-0.2, 0) is 9.59 Å². The van der Waals surface area contributed by atoms with E-state index < -0.39 is 0 Å². The number of carbonyl (C=O) groups excluding carboxylic acids is 2. The topological polar surface area (TPSA) is 75.2 Å². The lowest BCUT2D eigenvalue weighted by Crippen LogP contribution is -2.41. The molecule has 6 nitrogen and oxygen atoms in total. The molecule has 0 bridgehead atoms. The number of benzene rings is 1. The van der Waals surface area contributed by atoms with Crippen molar-refractivity contribution >= 4 is 34.1 Å². The van der Waals surface area contributed by atoms with Gasteiger partial charge in [0.05, 0.1) is 29.0 Å². The van der Waals surface area contributed by atoms with Crippen molar-refractivity contribution in [1.29, 1.82) is 0 Å². The van der Waals surface area contributed by atoms with E-state index >= 15 is 0 Å². The first-order chi connectivity index (χ1) is 17.5. The van der Waals surface area contributed by atoms with Crippen LogP contribution in [0.3, 0.4) is 0 Å². The van der Waals surface area contributed by atoms with Gasteiger partial charge in [0.15, 0.2) is 0 Å². The molecule has 0 aliphatic heterocycles. The quantitative estimate of drug-likeness (QED) is 0.374. The number of fused-ring (bicyclic) bond motifs is 1. The molecule has 1 aromatic carbocycles. The van der Waals surface area contributed by atoms with Gasteiger partial charge in [-0.2, -0.15) is 0 Å². The fourth-order valence-electron chi connectivity index (χ4n) is 5.63. The molecule has 1 aliphatic rings. The van der Waals surface area contributed by atoms with Gasteiger partial charge in [-0.1, -0.05) is 46.8 Å². The predicted octanol–water partition coefficient (Wildman–Crippen LogP) is 7.11. The monoisotopic (exact) mass is 500 g/mol. The number of rotatable bonds is 7. The zero-order chi connectivity index (χ0) is 26.9. The number of hydrogen-bond donors (Lipinski definition) is 1. The zero-order valence-electron chi connectivity index (χ0n) is 23.3. The Labute approximate surface area is 220 Å². The van der Waals surface area contributed by atoms with Crippen molar-refractivity contribution in [3.63, 3.8) is 0 Å². The van der Waals surface area contributed by atoms with Crippen molar-refractivity contribution < 1.29 is 9.59 Å². The molecule has 37 heavy (non-hydrogen) atoms. The lowest BCUT2D eigenvalue weighted by Gasteiger charge is -2.39. The highest BCUT2D eigenvalue weighted by atomic mass is 16.2. The number of nitrogens with zero attached hydrogens (tertiary/aromatic N) is 3. The Balaban J connectivity index is 1.63. The zero-order valence-corrected chi connectivity index (χ0v) is 23.3. The van der Waals surface area contributed by atoms with E-state index in [2.05, 4.69) is 69.2 Å². The molecule has 196 valence electrons. The first kappa shape index (κ1) is 26.8. The maximum atomic E-state index is 13.3. The number of hydrogen-bond acceptors (Lipinski definition) is 5.